The quantitative estimate of drug-likeness (QED) is 0.133. The molecule has 135 valence electrons. The molecule has 0 atom stereocenters. The Morgan fingerprint density at radius 3 is 1.88 bits per heavy atom. The van der Waals surface area contributed by atoms with Crippen LogP contribution < -0.4 is 5.22 Å². The van der Waals surface area contributed by atoms with Crippen molar-refractivity contribution in [1.82, 2.24) is 0 Å². The van der Waals surface area contributed by atoms with Crippen molar-refractivity contribution in [2.75, 3.05) is 0 Å². The Morgan fingerprint density at radius 2 is 1.19 bits per heavy atom. The molecule has 0 nitrogen and oxygen atoms in total. The second kappa shape index (κ2) is 5.09. The Balaban J connectivity index is 0.00000168. The molecule has 4 aromatic rings. The Bertz CT molecular complexity index is 1340. The van der Waals surface area contributed by atoms with Crippen LogP contribution >= 0.6 is 0 Å². The van der Waals surface area contributed by atoms with Crippen LogP contribution in [0.5, 0.6) is 0 Å². The van der Waals surface area contributed by atoms with E-state index in [1.165, 1.54) is 65.4 Å². The van der Waals surface area contributed by atoms with E-state index in [9.17, 15) is 0 Å². The molecule has 1 aliphatic carbocycles. The maximum atomic E-state index is 3.46. The van der Waals surface area contributed by atoms with Gasteiger partial charge in [-0.2, -0.15) is 0 Å². The summed E-state index contributed by atoms with van der Waals surface area (Å²) in [7, 11) is 0. The zero-order valence-corrected chi connectivity index (χ0v) is 17.5. The summed E-state index contributed by atoms with van der Waals surface area (Å²) < 4.78 is 0. The van der Waals surface area contributed by atoms with E-state index in [1.807, 2.05) is 0 Å². The van der Waals surface area contributed by atoms with Gasteiger partial charge in [-0.3, -0.25) is 0 Å². The summed E-state index contributed by atoms with van der Waals surface area (Å²) in [6, 6.07) is 13.7. The van der Waals surface area contributed by atoms with Crippen LogP contribution in [0.3, 0.4) is 0 Å². The molecule has 0 aromatic heterocycles. The molecule has 1 heteroatoms. The van der Waals surface area contributed by atoms with E-state index in [2.05, 4.69) is 82.0 Å². The first kappa shape index (κ1) is 15.7. The first-order chi connectivity index (χ1) is 12.1. The molecule has 0 unspecified atom stereocenters. The second-order valence-electron chi connectivity index (χ2n) is 7.31. The third kappa shape index (κ3) is 1.75. The van der Waals surface area contributed by atoms with Gasteiger partial charge in [0.15, 0.2) is 0 Å². The zero-order valence-electron chi connectivity index (χ0n) is 15.4. The van der Waals surface area contributed by atoms with Crippen LogP contribution in [0.15, 0.2) is 48.2 Å². The van der Waals surface area contributed by atoms with Crippen LogP contribution in [0.4, 0.5) is 0 Å². The van der Waals surface area contributed by atoms with E-state index in [4.69, 9.17) is 0 Å². The molecule has 1 aliphatic rings. The number of hydrogen-bond donors (Lipinski definition) is 0. The average Bonchev–Trinajstić information content (AvgIpc) is 2.76. The SMILES string of the molecule is CC1=C=CC=c2c3ccc(C)c4c(C)ccc(c5ccc(C)c1c25)c43.[Lr]. The van der Waals surface area contributed by atoms with Gasteiger partial charge in [0.1, 0.15) is 0 Å². The van der Waals surface area contributed by atoms with Crippen LogP contribution in [0.1, 0.15) is 29.2 Å². The van der Waals surface area contributed by atoms with Crippen LogP contribution in [0.2, 0.25) is 0 Å². The molecule has 1 radical (unpaired) electrons. The maximum Gasteiger partial charge on any atom is 0 e. The molecule has 0 bridgehead atoms. The molecule has 0 heterocycles. The smallest absolute Gasteiger partial charge is 0 e. The average molecular weight is 582 g/mol. The molecular weight excluding hydrogens is 562 g/mol. The zero-order chi connectivity index (χ0) is 17.3. The molecule has 4 aromatic carbocycles. The summed E-state index contributed by atoms with van der Waals surface area (Å²) >= 11 is 0. The van der Waals surface area contributed by atoms with Gasteiger partial charge in [0, 0.05) is 0 Å². The second-order valence-corrected chi connectivity index (χ2v) is 7.31. The van der Waals surface area contributed by atoms with Crippen molar-refractivity contribution in [2.45, 2.75) is 27.7 Å². The van der Waals surface area contributed by atoms with Gasteiger partial charge in [0.2, 0.25) is 0 Å². The first-order valence-electron chi connectivity index (χ1n) is 8.89. The predicted octanol–water partition coefficient (Wildman–Crippen LogP) is 6.14. The minimum atomic E-state index is 0. The summed E-state index contributed by atoms with van der Waals surface area (Å²) in [5.41, 5.74) is 10.1. The fraction of sp³-hybridized carbons (Fsp3) is 0.160. The predicted molar refractivity (Wildman–Crippen MR) is 110 cm³/mol. The van der Waals surface area contributed by atoms with Gasteiger partial charge in [0.05, 0.1) is 0 Å². The van der Waals surface area contributed by atoms with Crippen molar-refractivity contribution < 1.29 is 0 Å². The molecule has 0 spiro atoms. The third-order valence-electron chi connectivity index (χ3n) is 5.77. The molecule has 0 saturated heterocycles. The Kier molecular flexibility index (Phi) is 3.07. The number of benzene rings is 4. The topological polar surface area (TPSA) is 0 Å². The van der Waals surface area contributed by atoms with Crippen molar-refractivity contribution in [2.24, 2.45) is 0 Å². The molecule has 0 N–H and O–H groups in total. The molecule has 0 saturated carbocycles. The van der Waals surface area contributed by atoms with E-state index in [0.29, 0.717) is 0 Å². The molecule has 0 fully saturated rings. The van der Waals surface area contributed by atoms with Gasteiger partial charge in [0.25, 0.3) is 0 Å². The normalized spacial score (nSPS) is 12.8. The number of rotatable bonds is 0. The summed E-state index contributed by atoms with van der Waals surface area (Å²) in [5.74, 6) is 0. The van der Waals surface area contributed by atoms with Crippen molar-refractivity contribution in [1.29, 1.82) is 0 Å². The van der Waals surface area contributed by atoms with E-state index >= 15 is 0 Å². The molecule has 26 heavy (non-hydrogen) atoms. The molecular formula is C25H20Lr. The minimum Gasteiger partial charge on any atom is -0.117 e. The number of fused-ring (bicyclic) bond motifs is 2. The minimum absolute atomic E-state index is 0. The van der Waals surface area contributed by atoms with E-state index in [-0.39, 0.29) is 0 Å². The summed E-state index contributed by atoms with van der Waals surface area (Å²) in [5, 5.41) is 9.59. The Labute approximate surface area is 147 Å². The Morgan fingerprint density at radius 1 is 0.615 bits per heavy atom. The van der Waals surface area contributed by atoms with Gasteiger partial charge in [-0.25, -0.2) is 0 Å². The Hall–Kier alpha value is -3.82. The number of aryl methyl sites for hydroxylation is 3. The van der Waals surface area contributed by atoms with Gasteiger partial charge >= 0.3 is 0 Å². The first-order valence-corrected chi connectivity index (χ1v) is 8.89. The summed E-state index contributed by atoms with van der Waals surface area (Å²) in [6.07, 6.45) is 4.33. The van der Waals surface area contributed by atoms with Gasteiger partial charge < -0.3 is 0 Å². The van der Waals surface area contributed by atoms with Crippen LogP contribution in [0, 0.1) is 20.8 Å². The molecule has 0 amide bonds. The molecule has 0 aliphatic heterocycles. The van der Waals surface area contributed by atoms with Gasteiger partial charge in [-0.15, -0.1) is 5.73 Å². The van der Waals surface area contributed by atoms with E-state index in [0.717, 1.165) is 0 Å². The maximum absolute atomic E-state index is 3.46. The third-order valence-corrected chi connectivity index (χ3v) is 5.77. The monoisotopic (exact) mass is 582 g/mol. The van der Waals surface area contributed by atoms with Crippen molar-refractivity contribution in [3.05, 3.63) is 75.7 Å². The van der Waals surface area contributed by atoms with Crippen molar-refractivity contribution >= 4 is 44.0 Å². The van der Waals surface area contributed by atoms with Crippen molar-refractivity contribution in [3.63, 3.8) is 0 Å². The van der Waals surface area contributed by atoms with Crippen LogP contribution in [-0.2, 0) is 0 Å². The summed E-state index contributed by atoms with van der Waals surface area (Å²) in [4.78, 5) is 0. The fourth-order valence-corrected chi connectivity index (χ4v) is 4.64. The van der Waals surface area contributed by atoms with Gasteiger partial charge in [-0.05, 0) is 105 Å². The van der Waals surface area contributed by atoms with Crippen LogP contribution in [-0.4, -0.2) is 0 Å². The van der Waals surface area contributed by atoms with E-state index < -0.39 is 0 Å². The van der Waals surface area contributed by atoms with E-state index in [1.54, 1.807) is 0 Å². The fourth-order valence-electron chi connectivity index (χ4n) is 4.64. The number of allylic oxidation sites excluding steroid dienone is 1. The van der Waals surface area contributed by atoms with Gasteiger partial charge in [-0.1, -0.05) is 36.4 Å². The number of hydrogen-bond acceptors (Lipinski definition) is 0. The van der Waals surface area contributed by atoms with Crippen LogP contribution in [0.25, 0.3) is 44.0 Å². The summed E-state index contributed by atoms with van der Waals surface area (Å²) in [6.45, 7) is 8.82. The van der Waals surface area contributed by atoms with Crippen molar-refractivity contribution in [3.8, 4) is 0 Å². The standard InChI is InChI=1S/C25H20.Lr/c1-14-6-5-7-18-19-11-8-16(3)23-17(4)10-13-21(25(19)23)20-12-9-15(2)22(14)24(18)20;/h5,7-13H,1-4H3;. The largest absolute Gasteiger partial charge is 0.117 e. The molecule has 5 rings (SSSR count).